The molecule has 0 saturated carbocycles. The van der Waals surface area contributed by atoms with Gasteiger partial charge in [0.05, 0.1) is 0 Å². The molecule has 0 spiro atoms. The molecule has 1 aliphatic rings. The summed E-state index contributed by atoms with van der Waals surface area (Å²) in [5, 5.41) is 2.96. The van der Waals surface area contributed by atoms with Gasteiger partial charge in [-0.25, -0.2) is 4.98 Å². The lowest BCUT2D eigenvalue weighted by Crippen LogP contribution is -2.53. The van der Waals surface area contributed by atoms with Crippen LogP contribution in [0.25, 0.3) is 0 Å². The first-order valence-electron chi connectivity index (χ1n) is 6.86. The molecule has 1 fully saturated rings. The van der Waals surface area contributed by atoms with Gasteiger partial charge in [0.2, 0.25) is 0 Å². The molecule has 0 unspecified atom stereocenters. The maximum atomic E-state index is 12.1. The number of amides is 2. The first-order chi connectivity index (χ1) is 9.65. The topological polar surface area (TPSA) is 65.5 Å². The van der Waals surface area contributed by atoms with E-state index < -0.39 is 5.91 Å². The van der Waals surface area contributed by atoms with Crippen molar-refractivity contribution in [3.63, 3.8) is 0 Å². The number of hydrogen-bond donors (Lipinski definition) is 1. The molecule has 2 amide bonds. The Balaban J connectivity index is 2.03. The number of hydrogen-bond acceptors (Lipinski definition) is 4. The smallest absolute Gasteiger partial charge is 0.312 e. The molecule has 2 rings (SSSR count). The monoisotopic (exact) mass is 276 g/mol. The number of anilines is 1. The van der Waals surface area contributed by atoms with E-state index in [-0.39, 0.29) is 5.91 Å². The Morgan fingerprint density at radius 3 is 2.65 bits per heavy atom. The number of nitrogens with zero attached hydrogens (tertiary/aromatic N) is 3. The predicted octanol–water partition coefficient (Wildman–Crippen LogP) is 0.704. The maximum Gasteiger partial charge on any atom is 0.312 e. The van der Waals surface area contributed by atoms with Crippen LogP contribution in [0.3, 0.4) is 0 Å². The third-order valence-corrected chi connectivity index (χ3v) is 3.34. The molecule has 0 bridgehead atoms. The summed E-state index contributed by atoms with van der Waals surface area (Å²) in [6, 6.07) is 3.74. The minimum absolute atomic E-state index is 0.388. The van der Waals surface area contributed by atoms with Crippen molar-refractivity contribution in [1.29, 1.82) is 0 Å². The lowest BCUT2D eigenvalue weighted by atomic mass is 10.2. The second kappa shape index (κ2) is 6.36. The van der Waals surface area contributed by atoms with Crippen molar-refractivity contribution < 1.29 is 9.59 Å². The van der Waals surface area contributed by atoms with Gasteiger partial charge < -0.3 is 15.1 Å². The lowest BCUT2D eigenvalue weighted by molar-refractivity contribution is -0.156. The van der Waals surface area contributed by atoms with Crippen molar-refractivity contribution in [2.45, 2.75) is 19.9 Å². The van der Waals surface area contributed by atoms with Crippen LogP contribution < -0.4 is 5.32 Å². The Bertz CT molecular complexity index is 504. The molecular formula is C14H20N4O2. The quantitative estimate of drug-likeness (QED) is 0.804. The molecule has 6 nitrogen and oxygen atoms in total. The fourth-order valence-electron chi connectivity index (χ4n) is 2.28. The van der Waals surface area contributed by atoms with E-state index in [9.17, 15) is 9.59 Å². The van der Waals surface area contributed by atoms with Crippen molar-refractivity contribution in [3.05, 3.63) is 23.9 Å². The van der Waals surface area contributed by atoms with Crippen LogP contribution in [0.5, 0.6) is 0 Å². The van der Waals surface area contributed by atoms with Crippen LogP contribution in [-0.4, -0.2) is 53.3 Å². The SMILES string of the molecule is CCCN1CCN(Cc2ccnc(NC)c2)C(=O)C1=O. The summed E-state index contributed by atoms with van der Waals surface area (Å²) in [4.78, 5) is 31.4. The van der Waals surface area contributed by atoms with Gasteiger partial charge in [0.15, 0.2) is 0 Å². The van der Waals surface area contributed by atoms with Crippen molar-refractivity contribution >= 4 is 17.6 Å². The highest BCUT2D eigenvalue weighted by molar-refractivity contribution is 6.35. The van der Waals surface area contributed by atoms with Gasteiger partial charge in [-0.2, -0.15) is 0 Å². The largest absolute Gasteiger partial charge is 0.373 e. The molecule has 1 aromatic rings. The predicted molar refractivity (Wildman–Crippen MR) is 76.1 cm³/mol. The minimum atomic E-state index is -0.410. The van der Waals surface area contributed by atoms with Crippen molar-refractivity contribution in [2.75, 3.05) is 32.0 Å². The molecule has 1 N–H and O–H groups in total. The van der Waals surface area contributed by atoms with Crippen LogP contribution in [-0.2, 0) is 16.1 Å². The number of aromatic nitrogens is 1. The number of nitrogens with one attached hydrogen (secondary N) is 1. The third-order valence-electron chi connectivity index (χ3n) is 3.34. The van der Waals surface area contributed by atoms with Crippen molar-refractivity contribution in [1.82, 2.24) is 14.8 Å². The number of carbonyl (C=O) groups excluding carboxylic acids is 2. The normalized spacial score (nSPS) is 15.7. The van der Waals surface area contributed by atoms with Crippen LogP contribution in [0.15, 0.2) is 18.3 Å². The first-order valence-corrected chi connectivity index (χ1v) is 6.86. The summed E-state index contributed by atoms with van der Waals surface area (Å²) in [5.41, 5.74) is 0.967. The molecule has 108 valence electrons. The number of carbonyl (C=O) groups is 2. The average molecular weight is 276 g/mol. The molecule has 0 atom stereocenters. The van der Waals surface area contributed by atoms with Crippen LogP contribution in [0, 0.1) is 0 Å². The van der Waals surface area contributed by atoms with Crippen molar-refractivity contribution in [2.24, 2.45) is 0 Å². The Labute approximate surface area is 118 Å². The fraction of sp³-hybridized carbons (Fsp3) is 0.500. The summed E-state index contributed by atoms with van der Waals surface area (Å²) in [7, 11) is 1.80. The van der Waals surface area contributed by atoms with Gasteiger partial charge in [0.25, 0.3) is 0 Å². The van der Waals surface area contributed by atoms with E-state index in [1.807, 2.05) is 19.1 Å². The Morgan fingerprint density at radius 1 is 1.25 bits per heavy atom. The highest BCUT2D eigenvalue weighted by atomic mass is 16.2. The minimum Gasteiger partial charge on any atom is -0.373 e. The van der Waals surface area contributed by atoms with Crippen LogP contribution in [0.2, 0.25) is 0 Å². The molecule has 0 radical (unpaired) electrons. The highest BCUT2D eigenvalue weighted by Crippen LogP contribution is 2.13. The van der Waals surface area contributed by atoms with Crippen LogP contribution >= 0.6 is 0 Å². The van der Waals surface area contributed by atoms with Gasteiger partial charge in [-0.15, -0.1) is 0 Å². The summed E-state index contributed by atoms with van der Waals surface area (Å²) in [6.07, 6.45) is 2.57. The zero-order valence-electron chi connectivity index (χ0n) is 11.9. The zero-order chi connectivity index (χ0) is 14.5. The van der Waals surface area contributed by atoms with Gasteiger partial charge >= 0.3 is 11.8 Å². The molecule has 1 aliphatic heterocycles. The fourth-order valence-corrected chi connectivity index (χ4v) is 2.28. The number of rotatable bonds is 5. The maximum absolute atomic E-state index is 12.1. The van der Waals surface area contributed by atoms with Crippen LogP contribution in [0.4, 0.5) is 5.82 Å². The van der Waals surface area contributed by atoms with Gasteiger partial charge in [-0.3, -0.25) is 9.59 Å². The average Bonchev–Trinajstić information content (AvgIpc) is 2.47. The van der Waals surface area contributed by atoms with Gasteiger partial charge in [0.1, 0.15) is 5.82 Å². The summed E-state index contributed by atoms with van der Waals surface area (Å²) in [6.45, 7) is 4.30. The molecular weight excluding hydrogens is 256 g/mol. The Morgan fingerprint density at radius 2 is 1.95 bits per heavy atom. The zero-order valence-corrected chi connectivity index (χ0v) is 11.9. The number of pyridine rings is 1. The second-order valence-electron chi connectivity index (χ2n) is 4.82. The molecule has 0 aromatic carbocycles. The van der Waals surface area contributed by atoms with E-state index in [1.54, 1.807) is 23.0 Å². The molecule has 20 heavy (non-hydrogen) atoms. The standard InChI is InChI=1S/C14H20N4O2/c1-3-6-17-7-8-18(14(20)13(17)19)10-11-4-5-16-12(9-11)15-2/h4-5,9H,3,6-8,10H2,1-2H3,(H,15,16). The molecule has 1 saturated heterocycles. The summed E-state index contributed by atoms with van der Waals surface area (Å²) >= 11 is 0. The number of piperazine rings is 1. The summed E-state index contributed by atoms with van der Waals surface area (Å²) in [5.74, 6) is -0.0422. The first kappa shape index (κ1) is 14.3. The molecule has 0 aliphatic carbocycles. The Kier molecular flexibility index (Phi) is 4.55. The van der Waals surface area contributed by atoms with E-state index in [2.05, 4.69) is 10.3 Å². The molecule has 1 aromatic heterocycles. The van der Waals surface area contributed by atoms with E-state index in [1.165, 1.54) is 0 Å². The molecule has 6 heteroatoms. The second-order valence-corrected chi connectivity index (χ2v) is 4.82. The van der Waals surface area contributed by atoms with E-state index in [4.69, 9.17) is 0 Å². The third kappa shape index (κ3) is 3.07. The van der Waals surface area contributed by atoms with Gasteiger partial charge in [0, 0.05) is 39.4 Å². The van der Waals surface area contributed by atoms with E-state index in [0.717, 1.165) is 17.8 Å². The van der Waals surface area contributed by atoms with Crippen molar-refractivity contribution in [3.8, 4) is 0 Å². The van der Waals surface area contributed by atoms with Gasteiger partial charge in [-0.1, -0.05) is 6.92 Å². The summed E-state index contributed by atoms with van der Waals surface area (Å²) < 4.78 is 0. The van der Waals surface area contributed by atoms with Crippen LogP contribution in [0.1, 0.15) is 18.9 Å². The highest BCUT2D eigenvalue weighted by Gasteiger charge is 2.31. The van der Waals surface area contributed by atoms with E-state index >= 15 is 0 Å². The van der Waals surface area contributed by atoms with Gasteiger partial charge in [-0.05, 0) is 24.1 Å². The molecule has 2 heterocycles. The van der Waals surface area contributed by atoms with E-state index in [0.29, 0.717) is 26.2 Å². The lowest BCUT2D eigenvalue weighted by Gasteiger charge is -2.33. The Hall–Kier alpha value is -2.11.